The zero-order chi connectivity index (χ0) is 51.3. The summed E-state index contributed by atoms with van der Waals surface area (Å²) in [5.41, 5.74) is 8.61. The molecule has 0 radical (unpaired) electrons. The van der Waals surface area contributed by atoms with Crippen LogP contribution in [0.25, 0.3) is 112 Å². The smallest absolute Gasteiger partial charge is 0.167 e. The second kappa shape index (κ2) is 17.2. The van der Waals surface area contributed by atoms with Gasteiger partial charge in [0.25, 0.3) is 0 Å². The summed E-state index contributed by atoms with van der Waals surface area (Å²) >= 11 is 0. The van der Waals surface area contributed by atoms with Crippen LogP contribution in [0.2, 0.25) is 0 Å². The SMILES string of the molecule is Cc1nc(C)nc(-c2ccc3c4ccc(-c5nc(C)nc(C)n5)cc4n(-c4cc(C#N)cc(-n5c6cc(-c7nc(C)nc(C)n7)ccc6c6ccc(-c7nc(C)nc(C)n7)cc65)c4-c4nc(C)nc(C)n4)c3c2)n1. The zero-order valence-electron chi connectivity index (χ0n) is 42.1. The Balaban J connectivity index is 1.26. The van der Waals surface area contributed by atoms with Gasteiger partial charge in [-0.2, -0.15) is 5.26 Å². The third-order valence-corrected chi connectivity index (χ3v) is 12.8. The van der Waals surface area contributed by atoms with Crippen molar-refractivity contribution in [1.29, 1.82) is 5.26 Å². The quantitative estimate of drug-likeness (QED) is 0.145. The third-order valence-electron chi connectivity index (χ3n) is 12.8. The lowest BCUT2D eigenvalue weighted by atomic mass is 10.0. The van der Waals surface area contributed by atoms with Crippen molar-refractivity contribution in [3.05, 3.63) is 149 Å². The molecule has 0 amide bonds. The maximum Gasteiger partial charge on any atom is 0.167 e. The summed E-state index contributed by atoms with van der Waals surface area (Å²) in [5, 5.41) is 15.0. The Kier molecular flexibility index (Phi) is 10.6. The maximum absolute atomic E-state index is 11.3. The average molecular weight is 969 g/mol. The van der Waals surface area contributed by atoms with E-state index in [0.717, 1.165) is 65.9 Å². The van der Waals surface area contributed by atoms with Crippen molar-refractivity contribution in [2.24, 2.45) is 0 Å². The van der Waals surface area contributed by atoms with Gasteiger partial charge in [-0.15, -0.1) is 0 Å². The summed E-state index contributed by atoms with van der Waals surface area (Å²) in [6, 6.07) is 31.2. The molecule has 0 bridgehead atoms. The van der Waals surface area contributed by atoms with E-state index in [2.05, 4.69) is 88.7 Å². The molecule has 18 heteroatoms. The number of hydrogen-bond acceptors (Lipinski definition) is 16. The highest BCUT2D eigenvalue weighted by Crippen LogP contribution is 2.44. The van der Waals surface area contributed by atoms with Crippen LogP contribution < -0.4 is 0 Å². The van der Waals surface area contributed by atoms with Gasteiger partial charge in [0.05, 0.1) is 50.6 Å². The highest BCUT2D eigenvalue weighted by atomic mass is 15.1. The average Bonchev–Trinajstić information content (AvgIpc) is 3.85. The van der Waals surface area contributed by atoms with Crippen LogP contribution in [0.1, 0.15) is 63.8 Å². The fourth-order valence-corrected chi connectivity index (χ4v) is 10.1. The molecule has 12 aromatic rings. The molecule has 7 heterocycles. The minimum Gasteiger partial charge on any atom is -0.308 e. The molecule has 5 aromatic carbocycles. The molecule has 358 valence electrons. The number of nitrogens with zero attached hydrogens (tertiary/aromatic N) is 18. The highest BCUT2D eigenvalue weighted by molar-refractivity contribution is 6.13. The van der Waals surface area contributed by atoms with Crippen LogP contribution in [0.3, 0.4) is 0 Å². The van der Waals surface area contributed by atoms with E-state index in [1.807, 2.05) is 106 Å². The van der Waals surface area contributed by atoms with E-state index in [4.69, 9.17) is 49.8 Å². The first-order valence-corrected chi connectivity index (χ1v) is 23.9. The van der Waals surface area contributed by atoms with Gasteiger partial charge in [-0.25, -0.2) is 74.8 Å². The molecule has 0 aliphatic heterocycles. The molecule has 0 unspecified atom stereocenters. The van der Waals surface area contributed by atoms with Crippen LogP contribution >= 0.6 is 0 Å². The fraction of sp³-hybridized carbons (Fsp3) is 0.179. The number of hydrogen-bond donors (Lipinski definition) is 0. The standard InChI is InChI=1S/C56H44N18/c1-26-58-27(2)64-52(63-26)37-11-15-41-42-16-12-38(53-65-28(3)59-29(4)66-53)22-46(42)73(45(41)21-37)49-19-36(25-57)20-50(51(49)56-71-34(9)62-35(10)72-56)74-47-23-39(54-67-30(5)60-31(6)68-54)13-17-43(47)44-18-14-40(24-48(44)74)55-69-32(7)61-33(8)70-55/h11-24H,1-10H3. The van der Waals surface area contributed by atoms with Crippen molar-refractivity contribution in [1.82, 2.24) is 83.9 Å². The Labute approximate surface area is 423 Å². The van der Waals surface area contributed by atoms with Crippen LogP contribution in [-0.2, 0) is 0 Å². The number of aromatic nitrogens is 17. The van der Waals surface area contributed by atoms with Crippen molar-refractivity contribution in [2.45, 2.75) is 69.2 Å². The minimum absolute atomic E-state index is 0.380. The summed E-state index contributed by atoms with van der Waals surface area (Å²) in [6.07, 6.45) is 0. The first-order chi connectivity index (χ1) is 35.6. The van der Waals surface area contributed by atoms with E-state index < -0.39 is 0 Å². The second-order valence-corrected chi connectivity index (χ2v) is 18.4. The fourth-order valence-electron chi connectivity index (χ4n) is 10.1. The van der Waals surface area contributed by atoms with Crippen LogP contribution in [-0.4, -0.2) is 83.9 Å². The van der Waals surface area contributed by atoms with Crippen molar-refractivity contribution in [2.75, 3.05) is 0 Å². The molecule has 7 aromatic heterocycles. The largest absolute Gasteiger partial charge is 0.308 e. The van der Waals surface area contributed by atoms with Crippen LogP contribution in [0, 0.1) is 80.6 Å². The van der Waals surface area contributed by atoms with E-state index >= 15 is 0 Å². The molecule has 18 nitrogen and oxygen atoms in total. The first kappa shape index (κ1) is 45.4. The molecular formula is C56H44N18. The van der Waals surface area contributed by atoms with Crippen molar-refractivity contribution in [3.63, 3.8) is 0 Å². The van der Waals surface area contributed by atoms with Gasteiger partial charge < -0.3 is 9.13 Å². The number of rotatable bonds is 7. The first-order valence-electron chi connectivity index (χ1n) is 23.9. The Morgan fingerprint density at radius 1 is 0.297 bits per heavy atom. The number of aryl methyl sites for hydroxylation is 10. The summed E-state index contributed by atoms with van der Waals surface area (Å²) < 4.78 is 4.34. The number of nitriles is 1. The lowest BCUT2D eigenvalue weighted by Gasteiger charge is -2.20. The molecule has 0 fully saturated rings. The van der Waals surface area contributed by atoms with Gasteiger partial charge in [-0.3, -0.25) is 0 Å². The molecule has 12 rings (SSSR count). The van der Waals surface area contributed by atoms with E-state index in [1.54, 1.807) is 0 Å². The molecule has 0 N–H and O–H groups in total. The third kappa shape index (κ3) is 7.87. The van der Waals surface area contributed by atoms with Gasteiger partial charge in [-0.05, 0) is 106 Å². The molecular weight excluding hydrogens is 925 g/mol. The van der Waals surface area contributed by atoms with Crippen molar-refractivity contribution in [3.8, 4) is 74.4 Å². The summed E-state index contributed by atoms with van der Waals surface area (Å²) in [4.78, 5) is 71.0. The maximum atomic E-state index is 11.3. The molecule has 0 aliphatic carbocycles. The normalized spacial score (nSPS) is 11.6. The molecule has 0 spiro atoms. The molecule has 0 aliphatic rings. The van der Waals surface area contributed by atoms with Crippen LogP contribution in [0.5, 0.6) is 0 Å². The molecule has 0 saturated carbocycles. The Morgan fingerprint density at radius 2 is 0.527 bits per heavy atom. The highest BCUT2D eigenvalue weighted by Gasteiger charge is 2.27. The van der Waals surface area contributed by atoms with E-state index in [9.17, 15) is 5.26 Å². The number of benzene rings is 5. The van der Waals surface area contributed by atoms with Gasteiger partial charge in [0, 0.05) is 43.8 Å². The molecule has 0 atom stereocenters. The lowest BCUT2D eigenvalue weighted by Crippen LogP contribution is -2.09. The van der Waals surface area contributed by atoms with Gasteiger partial charge in [-0.1, -0.05) is 48.5 Å². The van der Waals surface area contributed by atoms with E-state index in [1.165, 1.54) is 0 Å². The predicted molar refractivity (Wildman–Crippen MR) is 281 cm³/mol. The Hall–Kier alpha value is -9.76. The Bertz CT molecular complexity index is 3850. The topological polar surface area (TPSA) is 227 Å². The number of fused-ring (bicyclic) bond motifs is 6. The monoisotopic (exact) mass is 968 g/mol. The lowest BCUT2D eigenvalue weighted by molar-refractivity contribution is 0.923. The van der Waals surface area contributed by atoms with Crippen LogP contribution in [0.15, 0.2) is 84.9 Å². The van der Waals surface area contributed by atoms with Gasteiger partial charge in [0.2, 0.25) is 0 Å². The summed E-state index contributed by atoms with van der Waals surface area (Å²) in [6.45, 7) is 18.6. The van der Waals surface area contributed by atoms with Crippen LogP contribution in [0.4, 0.5) is 0 Å². The summed E-state index contributed by atoms with van der Waals surface area (Å²) in [7, 11) is 0. The van der Waals surface area contributed by atoms with E-state index in [0.29, 0.717) is 110 Å². The summed E-state index contributed by atoms with van der Waals surface area (Å²) in [5.74, 6) is 8.42. The molecule has 74 heavy (non-hydrogen) atoms. The Morgan fingerprint density at radius 3 is 0.757 bits per heavy atom. The predicted octanol–water partition coefficient (Wildman–Crippen LogP) is 10.1. The second-order valence-electron chi connectivity index (χ2n) is 18.4. The minimum atomic E-state index is 0.380. The van der Waals surface area contributed by atoms with Gasteiger partial charge in [0.1, 0.15) is 58.2 Å². The molecule has 0 saturated heterocycles. The van der Waals surface area contributed by atoms with Crippen molar-refractivity contribution < 1.29 is 0 Å². The van der Waals surface area contributed by atoms with Gasteiger partial charge in [0.15, 0.2) is 29.1 Å². The van der Waals surface area contributed by atoms with Crippen molar-refractivity contribution >= 4 is 43.6 Å². The van der Waals surface area contributed by atoms with Gasteiger partial charge >= 0.3 is 0 Å². The zero-order valence-corrected chi connectivity index (χ0v) is 42.1. The van der Waals surface area contributed by atoms with E-state index in [-0.39, 0.29) is 0 Å².